The van der Waals surface area contributed by atoms with Crippen LogP contribution in [-0.2, 0) is 9.59 Å². The van der Waals surface area contributed by atoms with Gasteiger partial charge in [-0.2, -0.15) is 0 Å². The van der Waals surface area contributed by atoms with Crippen LogP contribution in [0.2, 0.25) is 0 Å². The molecule has 2 N–H and O–H groups in total. The molecule has 4 heteroatoms. The number of amides is 1. The Balaban J connectivity index is 3.47. The lowest BCUT2D eigenvalue weighted by Gasteiger charge is -2.14. The summed E-state index contributed by atoms with van der Waals surface area (Å²) >= 11 is 0. The Bertz CT molecular complexity index is 393. The molecule has 0 aliphatic heterocycles. The molecule has 0 heterocycles. The summed E-state index contributed by atoms with van der Waals surface area (Å²) in [7, 11) is 0. The Morgan fingerprint density at radius 2 is 1.19 bits per heavy atom. The smallest absolute Gasteiger partial charge is 0.326 e. The zero-order valence-electron chi connectivity index (χ0n) is 17.2. The molecule has 0 aromatic carbocycles. The van der Waals surface area contributed by atoms with E-state index in [9.17, 15) is 9.59 Å². The molecule has 0 fully saturated rings. The summed E-state index contributed by atoms with van der Waals surface area (Å²) in [6.45, 7) is 7.38. The van der Waals surface area contributed by atoms with Gasteiger partial charge in [-0.15, -0.1) is 0 Å². The molecule has 1 amide bonds. The molecule has 1 atom stereocenters. The third-order valence-corrected chi connectivity index (χ3v) is 4.84. The summed E-state index contributed by atoms with van der Waals surface area (Å²) in [5.74, 6) is -1.34. The molecule has 1 unspecified atom stereocenters. The van der Waals surface area contributed by atoms with Crippen LogP contribution in [0, 0.1) is 0 Å². The molecule has 0 aliphatic carbocycles. The van der Waals surface area contributed by atoms with Crippen molar-refractivity contribution in [3.63, 3.8) is 0 Å². The second kappa shape index (κ2) is 17.1. The van der Waals surface area contributed by atoms with Crippen molar-refractivity contribution in [2.45, 2.75) is 116 Å². The molecule has 0 radical (unpaired) electrons. The molecule has 0 saturated carbocycles. The van der Waals surface area contributed by atoms with E-state index in [0.29, 0.717) is 12.0 Å². The highest BCUT2D eigenvalue weighted by Gasteiger charge is 2.19. The minimum atomic E-state index is -0.964. The van der Waals surface area contributed by atoms with Gasteiger partial charge in [0, 0.05) is 5.57 Å². The minimum Gasteiger partial charge on any atom is -0.480 e. The Kier molecular flexibility index (Phi) is 16.2. The maximum absolute atomic E-state index is 11.5. The van der Waals surface area contributed by atoms with Crippen molar-refractivity contribution in [2.75, 3.05) is 0 Å². The van der Waals surface area contributed by atoms with Crippen LogP contribution in [0.15, 0.2) is 12.2 Å². The van der Waals surface area contributed by atoms with Gasteiger partial charge in [-0.1, -0.05) is 103 Å². The Labute approximate surface area is 160 Å². The highest BCUT2D eigenvalue weighted by atomic mass is 16.4. The van der Waals surface area contributed by atoms with Gasteiger partial charge in [0.2, 0.25) is 5.91 Å². The van der Waals surface area contributed by atoms with Crippen molar-refractivity contribution in [2.24, 2.45) is 0 Å². The summed E-state index contributed by atoms with van der Waals surface area (Å²) in [6, 6.07) is -0.795. The predicted molar refractivity (Wildman–Crippen MR) is 109 cm³/mol. The average molecular weight is 368 g/mol. The molecule has 0 aromatic heterocycles. The maximum Gasteiger partial charge on any atom is 0.326 e. The van der Waals surface area contributed by atoms with E-state index in [-0.39, 0.29) is 5.91 Å². The third kappa shape index (κ3) is 15.0. The van der Waals surface area contributed by atoms with E-state index in [1.165, 1.54) is 70.6 Å². The number of carboxylic acid groups (broad SMARTS) is 1. The highest BCUT2D eigenvalue weighted by molar-refractivity contribution is 5.94. The fourth-order valence-electron chi connectivity index (χ4n) is 3.08. The summed E-state index contributed by atoms with van der Waals surface area (Å²) in [4.78, 5) is 22.7. The Morgan fingerprint density at radius 1 is 0.808 bits per heavy atom. The SMILES string of the molecule is C=C(C)C(=O)NC(CCCCCCCCCCCCCCCC)C(=O)O. The standard InChI is InChI=1S/C22H41NO3/c1-4-5-6-7-8-9-10-11-12-13-14-15-16-17-18-20(22(25)26)23-21(24)19(2)3/h20H,2,4-18H2,1,3H3,(H,23,24)(H,25,26). The zero-order chi connectivity index (χ0) is 19.6. The first kappa shape index (κ1) is 24.7. The van der Waals surface area contributed by atoms with E-state index in [1.54, 1.807) is 6.92 Å². The van der Waals surface area contributed by atoms with Gasteiger partial charge in [0.1, 0.15) is 6.04 Å². The number of rotatable bonds is 18. The van der Waals surface area contributed by atoms with Crippen molar-refractivity contribution in [3.8, 4) is 0 Å². The number of hydrogen-bond acceptors (Lipinski definition) is 2. The monoisotopic (exact) mass is 367 g/mol. The van der Waals surface area contributed by atoms with E-state index in [1.807, 2.05) is 0 Å². The van der Waals surface area contributed by atoms with Gasteiger partial charge in [0.15, 0.2) is 0 Å². The van der Waals surface area contributed by atoms with Crippen molar-refractivity contribution >= 4 is 11.9 Å². The number of aliphatic carboxylic acids is 1. The summed E-state index contributed by atoms with van der Waals surface area (Å²) in [5.41, 5.74) is 0.345. The van der Waals surface area contributed by atoms with Crippen molar-refractivity contribution < 1.29 is 14.7 Å². The minimum absolute atomic E-state index is 0.345. The zero-order valence-corrected chi connectivity index (χ0v) is 17.2. The topological polar surface area (TPSA) is 66.4 Å². The van der Waals surface area contributed by atoms with Gasteiger partial charge in [0.05, 0.1) is 0 Å². The molecule has 152 valence electrons. The lowest BCUT2D eigenvalue weighted by atomic mass is 10.0. The third-order valence-electron chi connectivity index (χ3n) is 4.84. The first-order valence-electron chi connectivity index (χ1n) is 10.7. The Morgan fingerprint density at radius 3 is 1.54 bits per heavy atom. The summed E-state index contributed by atoms with van der Waals surface area (Å²) < 4.78 is 0. The molecular weight excluding hydrogens is 326 g/mol. The van der Waals surface area contributed by atoms with E-state index in [2.05, 4.69) is 18.8 Å². The number of carboxylic acids is 1. The molecule has 26 heavy (non-hydrogen) atoms. The van der Waals surface area contributed by atoms with Crippen LogP contribution in [0.4, 0.5) is 0 Å². The second-order valence-corrected chi connectivity index (χ2v) is 7.53. The predicted octanol–water partition coefficient (Wildman–Crippen LogP) is 6.00. The van der Waals surface area contributed by atoms with Crippen LogP contribution in [-0.4, -0.2) is 23.0 Å². The van der Waals surface area contributed by atoms with E-state index in [4.69, 9.17) is 5.11 Å². The van der Waals surface area contributed by atoms with Gasteiger partial charge in [-0.25, -0.2) is 4.79 Å². The fourth-order valence-corrected chi connectivity index (χ4v) is 3.08. The normalized spacial score (nSPS) is 11.9. The first-order chi connectivity index (χ1) is 12.5. The molecule has 0 rings (SSSR count). The van der Waals surface area contributed by atoms with Gasteiger partial charge in [-0.05, 0) is 13.3 Å². The van der Waals surface area contributed by atoms with Gasteiger partial charge in [0.25, 0.3) is 0 Å². The van der Waals surface area contributed by atoms with Crippen molar-refractivity contribution in [1.29, 1.82) is 0 Å². The van der Waals surface area contributed by atoms with Crippen molar-refractivity contribution in [3.05, 3.63) is 12.2 Å². The van der Waals surface area contributed by atoms with Crippen LogP contribution < -0.4 is 5.32 Å². The lowest BCUT2D eigenvalue weighted by Crippen LogP contribution is -2.40. The molecule has 0 saturated heterocycles. The van der Waals surface area contributed by atoms with Crippen LogP contribution in [0.5, 0.6) is 0 Å². The molecular formula is C22H41NO3. The second-order valence-electron chi connectivity index (χ2n) is 7.53. The Hall–Kier alpha value is -1.32. The van der Waals surface area contributed by atoms with Crippen LogP contribution in [0.3, 0.4) is 0 Å². The lowest BCUT2D eigenvalue weighted by molar-refractivity contribution is -0.141. The first-order valence-corrected chi connectivity index (χ1v) is 10.7. The largest absolute Gasteiger partial charge is 0.480 e. The number of unbranched alkanes of at least 4 members (excludes halogenated alkanes) is 13. The van der Waals surface area contributed by atoms with Crippen LogP contribution >= 0.6 is 0 Å². The molecule has 0 aromatic rings. The number of carbonyl (C=O) groups is 2. The van der Waals surface area contributed by atoms with Crippen LogP contribution in [0.1, 0.15) is 110 Å². The number of nitrogens with one attached hydrogen (secondary N) is 1. The van der Waals surface area contributed by atoms with Gasteiger partial charge in [-0.3, -0.25) is 4.79 Å². The average Bonchev–Trinajstić information content (AvgIpc) is 2.60. The molecule has 0 aliphatic rings. The fraction of sp³-hybridized carbons (Fsp3) is 0.818. The number of carbonyl (C=O) groups excluding carboxylic acids is 1. The van der Waals surface area contributed by atoms with E-state index in [0.717, 1.165) is 19.3 Å². The molecule has 4 nitrogen and oxygen atoms in total. The maximum atomic E-state index is 11.5. The summed E-state index contributed by atoms with van der Waals surface area (Å²) in [5, 5.41) is 11.7. The number of hydrogen-bond donors (Lipinski definition) is 2. The highest BCUT2D eigenvalue weighted by Crippen LogP contribution is 2.14. The molecule has 0 bridgehead atoms. The van der Waals surface area contributed by atoms with E-state index < -0.39 is 12.0 Å². The van der Waals surface area contributed by atoms with E-state index >= 15 is 0 Å². The van der Waals surface area contributed by atoms with Gasteiger partial charge >= 0.3 is 5.97 Å². The molecule has 0 spiro atoms. The van der Waals surface area contributed by atoms with Crippen LogP contribution in [0.25, 0.3) is 0 Å². The van der Waals surface area contributed by atoms with Crippen molar-refractivity contribution in [1.82, 2.24) is 5.32 Å². The quantitative estimate of drug-likeness (QED) is 0.230. The summed E-state index contributed by atoms with van der Waals surface area (Å²) in [6.07, 6.45) is 18.3. The van der Waals surface area contributed by atoms with Gasteiger partial charge < -0.3 is 10.4 Å².